The molecule has 1 saturated carbocycles. The van der Waals surface area contributed by atoms with Gasteiger partial charge in [-0.2, -0.15) is 18.4 Å². The number of nitrogens with zero attached hydrogens (tertiary/aromatic N) is 1. The van der Waals surface area contributed by atoms with Crippen molar-refractivity contribution in [1.29, 1.82) is 5.26 Å². The van der Waals surface area contributed by atoms with Crippen LogP contribution in [-0.2, 0) is 4.74 Å². The molecular weight excluding hydrogens is 245 g/mol. The lowest BCUT2D eigenvalue weighted by atomic mass is 9.81. The Bertz CT molecular complexity index is 297. The minimum atomic E-state index is -4.18. The molecule has 3 nitrogen and oxygen atoms in total. The van der Waals surface area contributed by atoms with Gasteiger partial charge in [-0.1, -0.05) is 6.92 Å². The number of alkyl halides is 3. The van der Waals surface area contributed by atoms with Crippen LogP contribution in [0.1, 0.15) is 39.0 Å². The number of nitrogens with one attached hydrogen (secondary N) is 1. The van der Waals surface area contributed by atoms with Gasteiger partial charge in [0.05, 0.1) is 25.2 Å². The van der Waals surface area contributed by atoms with Crippen molar-refractivity contribution in [2.45, 2.75) is 56.8 Å². The van der Waals surface area contributed by atoms with E-state index in [0.29, 0.717) is 13.0 Å². The van der Waals surface area contributed by atoms with E-state index in [1.54, 1.807) is 0 Å². The second kappa shape index (κ2) is 6.39. The first kappa shape index (κ1) is 15.3. The summed E-state index contributed by atoms with van der Waals surface area (Å²) in [5.74, 6) is 0. The van der Waals surface area contributed by atoms with Crippen LogP contribution in [0.2, 0.25) is 0 Å². The second-order valence-corrected chi connectivity index (χ2v) is 4.68. The SMILES string of the molecule is CCNC1(C#N)CCCC(OCCC(F)(F)F)C1. The lowest BCUT2D eigenvalue weighted by Crippen LogP contribution is -2.49. The summed E-state index contributed by atoms with van der Waals surface area (Å²) in [6.45, 7) is 2.26. The summed E-state index contributed by atoms with van der Waals surface area (Å²) in [7, 11) is 0. The van der Waals surface area contributed by atoms with E-state index in [1.807, 2.05) is 6.92 Å². The highest BCUT2D eigenvalue weighted by Gasteiger charge is 2.36. The third-order valence-corrected chi connectivity index (χ3v) is 3.17. The number of nitriles is 1. The summed E-state index contributed by atoms with van der Waals surface area (Å²) >= 11 is 0. The minimum absolute atomic E-state index is 0.250. The van der Waals surface area contributed by atoms with Gasteiger partial charge < -0.3 is 4.74 Å². The Kier molecular flexibility index (Phi) is 5.42. The number of halogens is 3. The molecule has 2 unspecified atom stereocenters. The average Bonchev–Trinajstić information content (AvgIpc) is 2.28. The first-order chi connectivity index (χ1) is 8.41. The molecule has 6 heteroatoms. The molecule has 0 aliphatic heterocycles. The zero-order valence-electron chi connectivity index (χ0n) is 10.5. The lowest BCUT2D eigenvalue weighted by Gasteiger charge is -2.36. The quantitative estimate of drug-likeness (QED) is 0.830. The van der Waals surface area contributed by atoms with Gasteiger partial charge in [-0.25, -0.2) is 0 Å². The van der Waals surface area contributed by atoms with Gasteiger partial charge in [-0.05, 0) is 25.8 Å². The van der Waals surface area contributed by atoms with E-state index in [-0.39, 0.29) is 12.7 Å². The van der Waals surface area contributed by atoms with Crippen LogP contribution in [0.25, 0.3) is 0 Å². The predicted octanol–water partition coefficient (Wildman–Crippen LogP) is 2.77. The maximum absolute atomic E-state index is 12.0. The van der Waals surface area contributed by atoms with Crippen molar-refractivity contribution in [3.63, 3.8) is 0 Å². The summed E-state index contributed by atoms with van der Waals surface area (Å²) in [6.07, 6.45) is -2.62. The summed E-state index contributed by atoms with van der Waals surface area (Å²) in [4.78, 5) is 0. The predicted molar refractivity (Wildman–Crippen MR) is 60.9 cm³/mol. The number of hydrogen-bond acceptors (Lipinski definition) is 3. The molecule has 0 aromatic rings. The van der Waals surface area contributed by atoms with E-state index in [4.69, 9.17) is 4.74 Å². The van der Waals surface area contributed by atoms with E-state index in [2.05, 4.69) is 11.4 Å². The van der Waals surface area contributed by atoms with Gasteiger partial charge in [-0.3, -0.25) is 5.32 Å². The number of rotatable bonds is 5. The van der Waals surface area contributed by atoms with Crippen LogP contribution in [-0.4, -0.2) is 31.0 Å². The van der Waals surface area contributed by atoms with Crippen molar-refractivity contribution in [2.24, 2.45) is 0 Å². The van der Waals surface area contributed by atoms with Crippen LogP contribution in [0, 0.1) is 11.3 Å². The smallest absolute Gasteiger partial charge is 0.378 e. The highest BCUT2D eigenvalue weighted by Crippen LogP contribution is 2.30. The largest absolute Gasteiger partial charge is 0.391 e. The Balaban J connectivity index is 2.41. The van der Waals surface area contributed by atoms with Crippen molar-refractivity contribution >= 4 is 0 Å². The Morgan fingerprint density at radius 1 is 1.50 bits per heavy atom. The third kappa shape index (κ3) is 4.83. The molecule has 2 atom stereocenters. The van der Waals surface area contributed by atoms with Crippen LogP contribution < -0.4 is 5.32 Å². The lowest BCUT2D eigenvalue weighted by molar-refractivity contribution is -0.150. The summed E-state index contributed by atoms with van der Waals surface area (Å²) in [6, 6.07) is 2.24. The normalized spacial score (nSPS) is 28.9. The minimum Gasteiger partial charge on any atom is -0.378 e. The monoisotopic (exact) mass is 264 g/mol. The fraction of sp³-hybridized carbons (Fsp3) is 0.917. The average molecular weight is 264 g/mol. The van der Waals surface area contributed by atoms with Crippen LogP contribution >= 0.6 is 0 Å². The van der Waals surface area contributed by atoms with E-state index < -0.39 is 18.1 Å². The zero-order chi connectivity index (χ0) is 13.6. The van der Waals surface area contributed by atoms with Gasteiger partial charge in [-0.15, -0.1) is 0 Å². The molecular formula is C12H19F3N2O. The van der Waals surface area contributed by atoms with Gasteiger partial charge in [0, 0.05) is 6.42 Å². The van der Waals surface area contributed by atoms with E-state index >= 15 is 0 Å². The molecule has 1 N–H and O–H groups in total. The van der Waals surface area contributed by atoms with Gasteiger partial charge in [0.1, 0.15) is 5.54 Å². The van der Waals surface area contributed by atoms with Crippen molar-refractivity contribution in [1.82, 2.24) is 5.32 Å². The second-order valence-electron chi connectivity index (χ2n) is 4.68. The molecule has 1 fully saturated rings. The van der Waals surface area contributed by atoms with Crippen molar-refractivity contribution in [2.75, 3.05) is 13.2 Å². The van der Waals surface area contributed by atoms with Crippen molar-refractivity contribution in [3.05, 3.63) is 0 Å². The van der Waals surface area contributed by atoms with Gasteiger partial charge in [0.25, 0.3) is 0 Å². The molecule has 18 heavy (non-hydrogen) atoms. The number of hydrogen-bond donors (Lipinski definition) is 1. The Morgan fingerprint density at radius 3 is 2.78 bits per heavy atom. The zero-order valence-corrected chi connectivity index (χ0v) is 10.5. The molecule has 0 spiro atoms. The van der Waals surface area contributed by atoms with Crippen LogP contribution in [0.3, 0.4) is 0 Å². The van der Waals surface area contributed by atoms with Crippen LogP contribution in [0.5, 0.6) is 0 Å². The Hall–Kier alpha value is -0.800. The van der Waals surface area contributed by atoms with E-state index in [0.717, 1.165) is 19.3 Å². The highest BCUT2D eigenvalue weighted by molar-refractivity contribution is 5.10. The van der Waals surface area contributed by atoms with Gasteiger partial charge >= 0.3 is 6.18 Å². The maximum Gasteiger partial charge on any atom is 0.391 e. The van der Waals surface area contributed by atoms with Crippen molar-refractivity contribution < 1.29 is 17.9 Å². The molecule has 0 amide bonds. The van der Waals surface area contributed by atoms with E-state index in [1.165, 1.54) is 0 Å². The van der Waals surface area contributed by atoms with Crippen LogP contribution in [0.4, 0.5) is 13.2 Å². The Labute approximate surface area is 105 Å². The number of ether oxygens (including phenoxy) is 1. The van der Waals surface area contributed by atoms with Crippen LogP contribution in [0.15, 0.2) is 0 Å². The summed E-state index contributed by atoms with van der Waals surface area (Å²) in [5, 5.41) is 12.3. The first-order valence-corrected chi connectivity index (χ1v) is 6.25. The topological polar surface area (TPSA) is 45.0 Å². The Morgan fingerprint density at radius 2 is 2.22 bits per heavy atom. The first-order valence-electron chi connectivity index (χ1n) is 6.25. The molecule has 1 aliphatic carbocycles. The van der Waals surface area contributed by atoms with Crippen molar-refractivity contribution in [3.8, 4) is 6.07 Å². The van der Waals surface area contributed by atoms with E-state index in [9.17, 15) is 18.4 Å². The summed E-state index contributed by atoms with van der Waals surface area (Å²) in [5.41, 5.74) is -0.629. The fourth-order valence-corrected chi connectivity index (χ4v) is 2.35. The maximum atomic E-state index is 12.0. The third-order valence-electron chi connectivity index (χ3n) is 3.17. The van der Waals surface area contributed by atoms with Gasteiger partial charge in [0.15, 0.2) is 0 Å². The molecule has 0 saturated heterocycles. The molecule has 104 valence electrons. The standard InChI is InChI=1S/C12H19F3N2O/c1-2-17-11(9-16)5-3-4-10(8-11)18-7-6-12(13,14)15/h10,17H,2-8H2,1H3. The molecule has 0 aromatic heterocycles. The van der Waals surface area contributed by atoms with Gasteiger partial charge in [0.2, 0.25) is 0 Å². The molecule has 0 aromatic carbocycles. The fourth-order valence-electron chi connectivity index (χ4n) is 2.35. The summed E-state index contributed by atoms with van der Waals surface area (Å²) < 4.78 is 41.3. The molecule has 1 aliphatic rings. The molecule has 0 radical (unpaired) electrons. The molecule has 0 bridgehead atoms. The molecule has 1 rings (SSSR count). The highest BCUT2D eigenvalue weighted by atomic mass is 19.4. The molecule has 0 heterocycles.